The molecule has 3 amide bonds. The van der Waals surface area contributed by atoms with E-state index in [0.717, 1.165) is 18.5 Å². The predicted molar refractivity (Wildman–Crippen MR) is 94.4 cm³/mol. The molecule has 8 heteroatoms. The average molecular weight is 365 g/mol. The van der Waals surface area contributed by atoms with Crippen molar-refractivity contribution >= 4 is 35.0 Å². The van der Waals surface area contributed by atoms with Gasteiger partial charge in [-0.1, -0.05) is 11.6 Å². The van der Waals surface area contributed by atoms with E-state index in [4.69, 9.17) is 11.6 Å². The first-order valence-electron chi connectivity index (χ1n) is 8.40. The lowest BCUT2D eigenvalue weighted by molar-refractivity contribution is -0.140. The molecule has 1 heterocycles. The summed E-state index contributed by atoms with van der Waals surface area (Å²) >= 11 is 5.89. The van der Waals surface area contributed by atoms with Crippen LogP contribution < -0.4 is 15.5 Å². The van der Waals surface area contributed by atoms with E-state index in [1.54, 1.807) is 4.90 Å². The van der Waals surface area contributed by atoms with Gasteiger partial charge in [-0.05, 0) is 37.1 Å². The third-order valence-corrected chi connectivity index (χ3v) is 4.60. The van der Waals surface area contributed by atoms with Crippen molar-refractivity contribution in [3.05, 3.63) is 29.3 Å². The van der Waals surface area contributed by atoms with Gasteiger partial charge in [-0.2, -0.15) is 0 Å². The smallest absolute Gasteiger partial charge is 0.309 e. The third kappa shape index (κ3) is 4.85. The van der Waals surface area contributed by atoms with Crippen LogP contribution >= 0.6 is 11.6 Å². The second-order valence-electron chi connectivity index (χ2n) is 6.27. The van der Waals surface area contributed by atoms with Gasteiger partial charge in [-0.3, -0.25) is 14.4 Å². The highest BCUT2D eigenvalue weighted by atomic mass is 35.5. The van der Waals surface area contributed by atoms with Gasteiger partial charge in [0.25, 0.3) is 0 Å². The lowest BCUT2D eigenvalue weighted by Gasteiger charge is -2.36. The molecule has 1 saturated carbocycles. The molecule has 7 nitrogen and oxygen atoms in total. The van der Waals surface area contributed by atoms with Crippen LogP contribution in [0.25, 0.3) is 0 Å². The number of amides is 3. The first-order valence-corrected chi connectivity index (χ1v) is 8.78. The number of carbonyl (C=O) groups excluding carboxylic acids is 3. The van der Waals surface area contributed by atoms with Crippen molar-refractivity contribution in [1.29, 1.82) is 0 Å². The van der Waals surface area contributed by atoms with Gasteiger partial charge in [0.05, 0.1) is 6.54 Å². The minimum atomic E-state index is -0.750. The van der Waals surface area contributed by atoms with Crippen LogP contribution in [0.4, 0.5) is 5.69 Å². The van der Waals surface area contributed by atoms with Gasteiger partial charge in [-0.15, -0.1) is 0 Å². The molecule has 2 N–H and O–H groups in total. The van der Waals surface area contributed by atoms with E-state index in [1.165, 1.54) is 0 Å². The predicted octanol–water partition coefficient (Wildman–Crippen LogP) is 0.383. The molecular weight excluding hydrogens is 344 g/mol. The molecule has 0 aromatic heterocycles. The van der Waals surface area contributed by atoms with Crippen molar-refractivity contribution in [3.63, 3.8) is 0 Å². The number of halogens is 1. The molecule has 0 unspecified atom stereocenters. The number of benzene rings is 1. The highest BCUT2D eigenvalue weighted by Gasteiger charge is 2.27. The molecule has 3 rings (SSSR count). The summed E-state index contributed by atoms with van der Waals surface area (Å²) in [6, 6.07) is 7.72. The number of nitrogens with zero attached hydrogens (tertiary/aromatic N) is 2. The van der Waals surface area contributed by atoms with Crippen molar-refractivity contribution in [2.45, 2.75) is 18.9 Å². The van der Waals surface area contributed by atoms with E-state index in [-0.39, 0.29) is 18.5 Å². The zero-order valence-electron chi connectivity index (χ0n) is 13.8. The molecule has 2 fully saturated rings. The summed E-state index contributed by atoms with van der Waals surface area (Å²) in [5.41, 5.74) is 1.07. The molecule has 0 atom stereocenters. The van der Waals surface area contributed by atoms with Gasteiger partial charge in [0.15, 0.2) is 0 Å². The molecule has 2 aliphatic rings. The van der Waals surface area contributed by atoms with Crippen LogP contribution in [0.5, 0.6) is 0 Å². The summed E-state index contributed by atoms with van der Waals surface area (Å²) in [4.78, 5) is 39.3. The van der Waals surface area contributed by atoms with Gasteiger partial charge in [-0.25, -0.2) is 0 Å². The molecular formula is C17H21ClN4O3. The van der Waals surface area contributed by atoms with E-state index in [2.05, 4.69) is 15.5 Å². The maximum absolute atomic E-state index is 12.2. The van der Waals surface area contributed by atoms with Crippen molar-refractivity contribution in [2.75, 3.05) is 37.6 Å². The van der Waals surface area contributed by atoms with Crippen molar-refractivity contribution in [3.8, 4) is 0 Å². The van der Waals surface area contributed by atoms with Crippen LogP contribution in [-0.2, 0) is 14.4 Å². The van der Waals surface area contributed by atoms with Crippen molar-refractivity contribution < 1.29 is 14.4 Å². The zero-order valence-corrected chi connectivity index (χ0v) is 14.6. The molecule has 0 radical (unpaired) electrons. The largest absolute Gasteiger partial charge is 0.368 e. The first kappa shape index (κ1) is 17.5. The Bertz CT molecular complexity index is 652. The second-order valence-corrected chi connectivity index (χ2v) is 6.71. The Kier molecular flexibility index (Phi) is 5.43. The molecule has 1 aliphatic heterocycles. The molecule has 0 bridgehead atoms. The quantitative estimate of drug-likeness (QED) is 0.757. The maximum atomic E-state index is 12.2. The fraction of sp³-hybridized carbons (Fsp3) is 0.471. The number of carbonyl (C=O) groups is 3. The Morgan fingerprint density at radius 3 is 2.24 bits per heavy atom. The first-order chi connectivity index (χ1) is 12.0. The zero-order chi connectivity index (χ0) is 17.8. The third-order valence-electron chi connectivity index (χ3n) is 4.34. The number of anilines is 1. The normalized spacial score (nSPS) is 17.2. The lowest BCUT2D eigenvalue weighted by atomic mass is 10.2. The molecule has 1 saturated heterocycles. The van der Waals surface area contributed by atoms with E-state index < -0.39 is 11.8 Å². The summed E-state index contributed by atoms with van der Waals surface area (Å²) in [6.07, 6.45) is 1.83. The Labute approximate surface area is 151 Å². The lowest BCUT2D eigenvalue weighted by Crippen LogP contribution is -2.52. The van der Waals surface area contributed by atoms with Crippen LogP contribution in [0.2, 0.25) is 5.02 Å². The molecule has 1 aromatic carbocycles. The molecule has 25 heavy (non-hydrogen) atoms. The fourth-order valence-electron chi connectivity index (χ4n) is 2.69. The van der Waals surface area contributed by atoms with Gasteiger partial charge in [0.1, 0.15) is 0 Å². The summed E-state index contributed by atoms with van der Waals surface area (Å²) in [5, 5.41) is 5.68. The van der Waals surface area contributed by atoms with Crippen LogP contribution in [-0.4, -0.2) is 61.4 Å². The van der Waals surface area contributed by atoms with Crippen LogP contribution in [0.3, 0.4) is 0 Å². The van der Waals surface area contributed by atoms with Gasteiger partial charge >= 0.3 is 11.8 Å². The summed E-state index contributed by atoms with van der Waals surface area (Å²) in [5.74, 6) is -1.59. The van der Waals surface area contributed by atoms with Crippen LogP contribution in [0.1, 0.15) is 12.8 Å². The summed E-state index contributed by atoms with van der Waals surface area (Å²) in [6.45, 7) is 2.42. The van der Waals surface area contributed by atoms with Gasteiger partial charge in [0.2, 0.25) is 5.91 Å². The summed E-state index contributed by atoms with van der Waals surface area (Å²) in [7, 11) is 0. The van der Waals surface area contributed by atoms with E-state index in [1.807, 2.05) is 24.3 Å². The number of hydrogen-bond acceptors (Lipinski definition) is 4. The van der Waals surface area contributed by atoms with Gasteiger partial charge in [0, 0.05) is 42.9 Å². The second kappa shape index (κ2) is 7.74. The van der Waals surface area contributed by atoms with E-state index in [0.29, 0.717) is 31.2 Å². The van der Waals surface area contributed by atoms with Gasteiger partial charge < -0.3 is 20.4 Å². The van der Waals surface area contributed by atoms with Crippen LogP contribution in [0, 0.1) is 0 Å². The SMILES string of the molecule is O=C(NCC(=O)N1CCN(c2ccc(Cl)cc2)CC1)C(=O)NC1CC1. The van der Waals surface area contributed by atoms with Crippen LogP contribution in [0.15, 0.2) is 24.3 Å². The maximum Gasteiger partial charge on any atom is 0.309 e. The van der Waals surface area contributed by atoms with Crippen molar-refractivity contribution in [2.24, 2.45) is 0 Å². The Hall–Kier alpha value is -2.28. The molecule has 134 valence electrons. The molecule has 0 spiro atoms. The standard InChI is InChI=1S/C17H21ClN4O3/c18-12-1-5-14(6-2-12)21-7-9-22(10-8-21)15(23)11-19-16(24)17(25)20-13-3-4-13/h1-2,5-6,13H,3-4,7-11H2,(H,19,24)(H,20,25). The summed E-state index contributed by atoms with van der Waals surface area (Å²) < 4.78 is 0. The fourth-order valence-corrected chi connectivity index (χ4v) is 2.82. The Morgan fingerprint density at radius 2 is 1.64 bits per heavy atom. The van der Waals surface area contributed by atoms with Crippen molar-refractivity contribution in [1.82, 2.24) is 15.5 Å². The number of nitrogens with one attached hydrogen (secondary N) is 2. The topological polar surface area (TPSA) is 81.8 Å². The molecule has 1 aliphatic carbocycles. The Balaban J connectivity index is 1.41. The Morgan fingerprint density at radius 1 is 1.00 bits per heavy atom. The number of rotatable bonds is 4. The minimum absolute atomic E-state index is 0.120. The minimum Gasteiger partial charge on any atom is -0.368 e. The highest BCUT2D eigenvalue weighted by molar-refractivity contribution is 6.35. The van der Waals surface area contributed by atoms with E-state index in [9.17, 15) is 14.4 Å². The molecule has 1 aromatic rings. The number of piperazine rings is 1. The highest BCUT2D eigenvalue weighted by Crippen LogP contribution is 2.19. The monoisotopic (exact) mass is 364 g/mol. The number of hydrogen-bond donors (Lipinski definition) is 2. The van der Waals surface area contributed by atoms with E-state index >= 15 is 0 Å². The average Bonchev–Trinajstić information content (AvgIpc) is 3.44.